The highest BCUT2D eigenvalue weighted by Gasteiger charge is 2.22. The summed E-state index contributed by atoms with van der Waals surface area (Å²) in [5, 5.41) is 2.02. The van der Waals surface area contributed by atoms with E-state index in [0.29, 0.717) is 18.1 Å². The molecule has 0 atom stereocenters. The number of carbonyl (C=O) groups is 1. The predicted octanol–water partition coefficient (Wildman–Crippen LogP) is 3.09. The highest BCUT2D eigenvalue weighted by atomic mass is 32.1. The number of carbonyl (C=O) groups excluding carboxylic acids is 1. The van der Waals surface area contributed by atoms with Gasteiger partial charge in [-0.3, -0.25) is 9.20 Å². The first-order valence-electron chi connectivity index (χ1n) is 6.27. The molecule has 1 aliphatic carbocycles. The van der Waals surface area contributed by atoms with Crippen LogP contribution in [-0.4, -0.2) is 15.2 Å². The van der Waals surface area contributed by atoms with Gasteiger partial charge in [-0.25, -0.2) is 4.98 Å². The summed E-state index contributed by atoms with van der Waals surface area (Å²) in [6.45, 7) is 0. The second-order valence-electron chi connectivity index (χ2n) is 4.77. The molecule has 0 aliphatic heterocycles. The minimum atomic E-state index is 0.346. The van der Waals surface area contributed by atoms with Crippen molar-refractivity contribution in [1.29, 1.82) is 0 Å². The molecule has 0 N–H and O–H groups in total. The average molecular weight is 248 g/mol. The number of rotatable bonds is 4. The maximum atomic E-state index is 11.9. The van der Waals surface area contributed by atoms with E-state index in [1.807, 2.05) is 22.2 Å². The second-order valence-corrected chi connectivity index (χ2v) is 5.65. The molecule has 0 unspecified atom stereocenters. The molecule has 2 aromatic rings. The van der Waals surface area contributed by atoms with Crippen LogP contribution in [-0.2, 0) is 11.2 Å². The van der Waals surface area contributed by atoms with Crippen molar-refractivity contribution in [3.63, 3.8) is 0 Å². The number of ketones is 1. The van der Waals surface area contributed by atoms with Crippen molar-refractivity contribution in [3.8, 4) is 0 Å². The Hall–Kier alpha value is -1.16. The highest BCUT2D eigenvalue weighted by molar-refractivity contribution is 7.15. The molecule has 0 saturated heterocycles. The molecule has 0 bridgehead atoms. The monoisotopic (exact) mass is 248 g/mol. The van der Waals surface area contributed by atoms with Crippen molar-refractivity contribution >= 4 is 22.1 Å². The van der Waals surface area contributed by atoms with Crippen LogP contribution in [0.4, 0.5) is 0 Å². The molecule has 3 nitrogen and oxygen atoms in total. The maximum Gasteiger partial charge on any atom is 0.193 e. The SMILES string of the molecule is O=C(CCc1cn2ccsc2n1)C1CCCC1. The van der Waals surface area contributed by atoms with Gasteiger partial charge >= 0.3 is 0 Å². The van der Waals surface area contributed by atoms with Gasteiger partial charge in [0, 0.05) is 30.1 Å². The number of nitrogens with zero attached hydrogens (tertiary/aromatic N) is 2. The zero-order valence-electron chi connectivity index (χ0n) is 9.76. The van der Waals surface area contributed by atoms with Crippen LogP contribution >= 0.6 is 11.3 Å². The lowest BCUT2D eigenvalue weighted by Crippen LogP contribution is -2.11. The van der Waals surface area contributed by atoms with Gasteiger partial charge in [0.2, 0.25) is 0 Å². The lowest BCUT2D eigenvalue weighted by Gasteiger charge is -2.05. The third-order valence-corrected chi connectivity index (χ3v) is 4.35. The molecular formula is C13H16N2OS. The number of aromatic nitrogens is 2. The number of imidazole rings is 1. The molecule has 0 spiro atoms. The summed E-state index contributed by atoms with van der Waals surface area (Å²) in [4.78, 5) is 17.5. The first-order chi connectivity index (χ1) is 8.33. The topological polar surface area (TPSA) is 34.4 Å². The lowest BCUT2D eigenvalue weighted by atomic mass is 9.98. The second kappa shape index (κ2) is 4.61. The zero-order chi connectivity index (χ0) is 11.7. The van der Waals surface area contributed by atoms with Gasteiger partial charge in [-0.05, 0) is 19.3 Å². The van der Waals surface area contributed by atoms with E-state index in [1.54, 1.807) is 11.3 Å². The summed E-state index contributed by atoms with van der Waals surface area (Å²) >= 11 is 1.63. The summed E-state index contributed by atoms with van der Waals surface area (Å²) in [5.41, 5.74) is 1.04. The fraction of sp³-hybridized carbons (Fsp3) is 0.538. The van der Waals surface area contributed by atoms with E-state index in [0.717, 1.165) is 29.9 Å². The molecule has 1 saturated carbocycles. The van der Waals surface area contributed by atoms with Crippen molar-refractivity contribution in [2.45, 2.75) is 38.5 Å². The molecule has 2 aromatic heterocycles. The third kappa shape index (κ3) is 2.27. The highest BCUT2D eigenvalue weighted by Crippen LogP contribution is 2.26. The smallest absolute Gasteiger partial charge is 0.193 e. The summed E-state index contributed by atoms with van der Waals surface area (Å²) in [5.74, 6) is 0.789. The van der Waals surface area contributed by atoms with E-state index in [4.69, 9.17) is 0 Å². The minimum Gasteiger partial charge on any atom is -0.299 e. The number of thiazole rings is 1. The van der Waals surface area contributed by atoms with E-state index < -0.39 is 0 Å². The van der Waals surface area contributed by atoms with Crippen LogP contribution in [0.5, 0.6) is 0 Å². The molecule has 3 rings (SSSR count). The van der Waals surface area contributed by atoms with Crippen LogP contribution in [0.15, 0.2) is 17.8 Å². The van der Waals surface area contributed by atoms with Crippen molar-refractivity contribution in [2.75, 3.05) is 0 Å². The van der Waals surface area contributed by atoms with Gasteiger partial charge in [0.15, 0.2) is 4.96 Å². The Balaban J connectivity index is 1.60. The van der Waals surface area contributed by atoms with Crippen molar-refractivity contribution in [1.82, 2.24) is 9.38 Å². The van der Waals surface area contributed by atoms with Gasteiger partial charge in [0.05, 0.1) is 5.69 Å². The summed E-state index contributed by atoms with van der Waals surface area (Å²) in [6, 6.07) is 0. The first-order valence-corrected chi connectivity index (χ1v) is 7.15. The number of hydrogen-bond acceptors (Lipinski definition) is 3. The third-order valence-electron chi connectivity index (χ3n) is 3.58. The number of hydrogen-bond donors (Lipinski definition) is 0. The van der Waals surface area contributed by atoms with Gasteiger partial charge in [-0.1, -0.05) is 12.8 Å². The van der Waals surface area contributed by atoms with Crippen molar-refractivity contribution < 1.29 is 4.79 Å². The zero-order valence-corrected chi connectivity index (χ0v) is 10.6. The normalized spacial score (nSPS) is 16.9. The van der Waals surface area contributed by atoms with Gasteiger partial charge in [-0.15, -0.1) is 11.3 Å². The van der Waals surface area contributed by atoms with Crippen LogP contribution in [0.3, 0.4) is 0 Å². The summed E-state index contributed by atoms with van der Waals surface area (Å²) < 4.78 is 2.03. The van der Waals surface area contributed by atoms with Crippen LogP contribution in [0.1, 0.15) is 37.8 Å². The van der Waals surface area contributed by atoms with Gasteiger partial charge < -0.3 is 0 Å². The predicted molar refractivity (Wildman–Crippen MR) is 68.4 cm³/mol. The average Bonchev–Trinajstić information content (AvgIpc) is 3.01. The quantitative estimate of drug-likeness (QED) is 0.833. The largest absolute Gasteiger partial charge is 0.299 e. The molecule has 0 radical (unpaired) electrons. The van der Waals surface area contributed by atoms with Crippen molar-refractivity contribution in [3.05, 3.63) is 23.5 Å². The molecule has 4 heteroatoms. The molecule has 17 heavy (non-hydrogen) atoms. The Morgan fingerprint density at radius 1 is 1.47 bits per heavy atom. The van der Waals surface area contributed by atoms with Gasteiger partial charge in [0.1, 0.15) is 5.78 Å². The van der Waals surface area contributed by atoms with Crippen LogP contribution in [0, 0.1) is 5.92 Å². The van der Waals surface area contributed by atoms with Gasteiger partial charge in [0.25, 0.3) is 0 Å². The molecule has 1 fully saturated rings. The molecular weight excluding hydrogens is 232 g/mol. The fourth-order valence-electron chi connectivity index (χ4n) is 2.60. The first kappa shape index (κ1) is 11.0. The van der Waals surface area contributed by atoms with E-state index in [9.17, 15) is 4.79 Å². The molecule has 0 amide bonds. The van der Waals surface area contributed by atoms with Crippen LogP contribution in [0.2, 0.25) is 0 Å². The molecule has 90 valence electrons. The Morgan fingerprint density at radius 3 is 3.06 bits per heavy atom. The molecule has 2 heterocycles. The fourth-order valence-corrected chi connectivity index (χ4v) is 3.32. The van der Waals surface area contributed by atoms with Crippen LogP contribution < -0.4 is 0 Å². The standard InChI is InChI=1S/C13H16N2OS/c16-12(10-3-1-2-4-10)6-5-11-9-15-7-8-17-13(15)14-11/h7-10H,1-6H2. The Morgan fingerprint density at radius 2 is 2.29 bits per heavy atom. The number of Topliss-reactive ketones (excluding diaryl/α,β-unsaturated/α-hetero) is 1. The van der Waals surface area contributed by atoms with E-state index in [-0.39, 0.29) is 0 Å². The summed E-state index contributed by atoms with van der Waals surface area (Å²) in [7, 11) is 0. The summed E-state index contributed by atoms with van der Waals surface area (Å²) in [6.07, 6.45) is 10.2. The number of fused-ring (bicyclic) bond motifs is 1. The Kier molecular flexibility index (Phi) is 2.97. The molecule has 1 aliphatic rings. The van der Waals surface area contributed by atoms with E-state index >= 15 is 0 Å². The minimum absolute atomic E-state index is 0.346. The Bertz CT molecular complexity index is 494. The lowest BCUT2D eigenvalue weighted by molar-refractivity contribution is -0.122. The van der Waals surface area contributed by atoms with E-state index in [2.05, 4.69) is 4.98 Å². The van der Waals surface area contributed by atoms with Crippen molar-refractivity contribution in [2.24, 2.45) is 5.92 Å². The molecule has 0 aromatic carbocycles. The van der Waals surface area contributed by atoms with E-state index in [1.165, 1.54) is 12.8 Å². The Labute approximate surface area is 104 Å². The van der Waals surface area contributed by atoms with Gasteiger partial charge in [-0.2, -0.15) is 0 Å². The number of aryl methyl sites for hydroxylation is 1. The maximum absolute atomic E-state index is 11.9. The van der Waals surface area contributed by atoms with Crippen LogP contribution in [0.25, 0.3) is 4.96 Å².